The monoisotopic (exact) mass is 364 g/mol. The standard InChI is InChI=1S/C18H21FN2O3S/c1-13-3-4-16(19)17(11-13)25(23,24)21-9-6-14(7-10-21)15-5-8-20(2)18(22)12-15/h3-5,8,11-12,14H,6-7,9-10H2,1-2H3. The van der Waals surface area contributed by atoms with Crippen molar-refractivity contribution in [3.63, 3.8) is 0 Å². The van der Waals surface area contributed by atoms with E-state index in [4.69, 9.17) is 0 Å². The van der Waals surface area contributed by atoms with E-state index in [1.165, 1.54) is 21.0 Å². The SMILES string of the molecule is Cc1ccc(F)c(S(=O)(=O)N2CCC(c3ccn(C)c(=O)c3)CC2)c1. The van der Waals surface area contributed by atoms with Gasteiger partial charge in [0.05, 0.1) is 0 Å². The van der Waals surface area contributed by atoms with E-state index < -0.39 is 15.8 Å². The molecule has 25 heavy (non-hydrogen) atoms. The maximum Gasteiger partial charge on any atom is 0.250 e. The van der Waals surface area contributed by atoms with Gasteiger partial charge in [0, 0.05) is 32.4 Å². The molecule has 1 saturated heterocycles. The van der Waals surface area contributed by atoms with Crippen LogP contribution in [0.1, 0.15) is 29.9 Å². The van der Waals surface area contributed by atoms with Gasteiger partial charge in [0.15, 0.2) is 0 Å². The zero-order valence-electron chi connectivity index (χ0n) is 14.3. The maximum atomic E-state index is 14.0. The molecule has 1 aliphatic rings. The molecular formula is C18H21FN2O3S. The number of hydrogen-bond donors (Lipinski definition) is 0. The number of nitrogens with zero attached hydrogens (tertiary/aromatic N) is 2. The molecule has 134 valence electrons. The maximum absolute atomic E-state index is 14.0. The molecule has 0 aliphatic carbocycles. The summed E-state index contributed by atoms with van der Waals surface area (Å²) >= 11 is 0. The smallest absolute Gasteiger partial charge is 0.250 e. The molecule has 0 unspecified atom stereocenters. The second-order valence-corrected chi connectivity index (χ2v) is 8.43. The summed E-state index contributed by atoms with van der Waals surface area (Å²) in [6.45, 7) is 2.37. The fourth-order valence-corrected chi connectivity index (χ4v) is 4.81. The fraction of sp³-hybridized carbons (Fsp3) is 0.389. The normalized spacial score (nSPS) is 16.9. The summed E-state index contributed by atoms with van der Waals surface area (Å²) in [5.41, 5.74) is 1.56. The summed E-state index contributed by atoms with van der Waals surface area (Å²) in [5.74, 6) is -0.581. The molecular weight excluding hydrogens is 343 g/mol. The lowest BCUT2D eigenvalue weighted by Gasteiger charge is -2.31. The highest BCUT2D eigenvalue weighted by Gasteiger charge is 2.31. The van der Waals surface area contributed by atoms with Crippen LogP contribution in [0.25, 0.3) is 0 Å². The first-order chi connectivity index (χ1) is 11.8. The van der Waals surface area contributed by atoms with Crippen LogP contribution in [-0.4, -0.2) is 30.4 Å². The molecule has 3 rings (SSSR count). The molecule has 1 aliphatic heterocycles. The average Bonchev–Trinajstić information content (AvgIpc) is 2.59. The van der Waals surface area contributed by atoms with E-state index in [9.17, 15) is 17.6 Å². The Morgan fingerprint density at radius 1 is 1.12 bits per heavy atom. The first kappa shape index (κ1) is 17.8. The van der Waals surface area contributed by atoms with Crippen LogP contribution in [0.5, 0.6) is 0 Å². The molecule has 0 amide bonds. The molecule has 7 heteroatoms. The van der Waals surface area contributed by atoms with E-state index in [-0.39, 0.29) is 16.4 Å². The number of benzene rings is 1. The molecule has 1 aromatic carbocycles. The highest BCUT2D eigenvalue weighted by Crippen LogP contribution is 2.30. The van der Waals surface area contributed by atoms with Crippen LogP contribution in [0.15, 0.2) is 46.2 Å². The number of piperidine rings is 1. The summed E-state index contributed by atoms with van der Waals surface area (Å²) in [7, 11) is -2.15. The van der Waals surface area contributed by atoms with Crippen LogP contribution in [0.2, 0.25) is 0 Å². The number of hydrogen-bond acceptors (Lipinski definition) is 3. The molecule has 1 fully saturated rings. The summed E-state index contributed by atoms with van der Waals surface area (Å²) < 4.78 is 42.3. The Hall–Kier alpha value is -1.99. The zero-order valence-corrected chi connectivity index (χ0v) is 15.1. The molecule has 0 saturated carbocycles. The minimum absolute atomic E-state index is 0.0746. The summed E-state index contributed by atoms with van der Waals surface area (Å²) in [6, 6.07) is 7.62. The van der Waals surface area contributed by atoms with E-state index >= 15 is 0 Å². The van der Waals surface area contributed by atoms with E-state index in [0.29, 0.717) is 31.5 Å². The third kappa shape index (κ3) is 3.52. The van der Waals surface area contributed by atoms with Crippen molar-refractivity contribution in [3.8, 4) is 0 Å². The Bertz CT molecular complexity index is 945. The second kappa shape index (κ2) is 6.72. The number of halogens is 1. The minimum Gasteiger partial charge on any atom is -0.319 e. The van der Waals surface area contributed by atoms with Gasteiger partial charge in [0.1, 0.15) is 10.7 Å². The van der Waals surface area contributed by atoms with Crippen molar-refractivity contribution in [2.45, 2.75) is 30.6 Å². The van der Waals surface area contributed by atoms with E-state index in [1.54, 1.807) is 32.3 Å². The van der Waals surface area contributed by atoms with Gasteiger partial charge in [-0.15, -0.1) is 0 Å². The van der Waals surface area contributed by atoms with Gasteiger partial charge < -0.3 is 4.57 Å². The average molecular weight is 364 g/mol. The molecule has 0 atom stereocenters. The van der Waals surface area contributed by atoms with Gasteiger partial charge >= 0.3 is 0 Å². The molecule has 0 bridgehead atoms. The van der Waals surface area contributed by atoms with Gasteiger partial charge in [-0.05, 0) is 55.0 Å². The summed E-state index contributed by atoms with van der Waals surface area (Å²) in [4.78, 5) is 11.5. The van der Waals surface area contributed by atoms with Crippen LogP contribution in [-0.2, 0) is 17.1 Å². The Morgan fingerprint density at radius 3 is 2.44 bits per heavy atom. The number of sulfonamides is 1. The molecule has 2 heterocycles. The highest BCUT2D eigenvalue weighted by molar-refractivity contribution is 7.89. The van der Waals surface area contributed by atoms with Crippen LogP contribution in [0.4, 0.5) is 4.39 Å². The molecule has 0 spiro atoms. The van der Waals surface area contributed by atoms with Gasteiger partial charge in [-0.25, -0.2) is 12.8 Å². The summed E-state index contributed by atoms with van der Waals surface area (Å²) in [6.07, 6.45) is 2.95. The van der Waals surface area contributed by atoms with Crippen molar-refractivity contribution in [3.05, 3.63) is 63.8 Å². The largest absolute Gasteiger partial charge is 0.319 e. The van der Waals surface area contributed by atoms with Crippen molar-refractivity contribution in [2.24, 2.45) is 7.05 Å². The molecule has 5 nitrogen and oxygen atoms in total. The van der Waals surface area contributed by atoms with Crippen molar-refractivity contribution in [1.29, 1.82) is 0 Å². The first-order valence-electron chi connectivity index (χ1n) is 8.22. The highest BCUT2D eigenvalue weighted by atomic mass is 32.2. The molecule has 1 aromatic heterocycles. The number of rotatable bonds is 3. The van der Waals surface area contributed by atoms with Gasteiger partial charge in [-0.1, -0.05) is 6.07 Å². The molecule has 2 aromatic rings. The van der Waals surface area contributed by atoms with Gasteiger partial charge in [0.2, 0.25) is 10.0 Å². The van der Waals surface area contributed by atoms with Crippen LogP contribution < -0.4 is 5.56 Å². The lowest BCUT2D eigenvalue weighted by Crippen LogP contribution is -2.38. The minimum atomic E-state index is -3.84. The van der Waals surface area contributed by atoms with Crippen molar-refractivity contribution in [2.75, 3.05) is 13.1 Å². The first-order valence-corrected chi connectivity index (χ1v) is 9.66. The Morgan fingerprint density at radius 2 is 1.80 bits per heavy atom. The van der Waals surface area contributed by atoms with Crippen molar-refractivity contribution in [1.82, 2.24) is 8.87 Å². The van der Waals surface area contributed by atoms with Gasteiger partial charge in [-0.2, -0.15) is 4.31 Å². The number of aromatic nitrogens is 1. The predicted octanol–water partition coefficient (Wildman–Crippen LogP) is 2.40. The predicted molar refractivity (Wildman–Crippen MR) is 93.6 cm³/mol. The lowest BCUT2D eigenvalue weighted by molar-refractivity contribution is 0.318. The third-order valence-corrected chi connectivity index (χ3v) is 6.67. The summed E-state index contributed by atoms with van der Waals surface area (Å²) in [5, 5.41) is 0. The zero-order chi connectivity index (χ0) is 18.2. The van der Waals surface area contributed by atoms with E-state index in [2.05, 4.69) is 0 Å². The van der Waals surface area contributed by atoms with Gasteiger partial charge in [0.25, 0.3) is 5.56 Å². The molecule has 0 radical (unpaired) electrons. The quantitative estimate of drug-likeness (QED) is 0.840. The fourth-order valence-electron chi connectivity index (χ4n) is 3.19. The topological polar surface area (TPSA) is 59.4 Å². The van der Waals surface area contributed by atoms with Crippen LogP contribution in [0, 0.1) is 12.7 Å². The van der Waals surface area contributed by atoms with E-state index in [0.717, 1.165) is 5.56 Å². The lowest BCUT2D eigenvalue weighted by atomic mass is 9.91. The number of aryl methyl sites for hydroxylation is 2. The van der Waals surface area contributed by atoms with Crippen LogP contribution in [0.3, 0.4) is 0 Å². The number of pyridine rings is 1. The van der Waals surface area contributed by atoms with Crippen molar-refractivity contribution < 1.29 is 12.8 Å². The Labute approximate surface area is 146 Å². The van der Waals surface area contributed by atoms with Gasteiger partial charge in [-0.3, -0.25) is 4.79 Å². The Balaban J connectivity index is 1.78. The third-order valence-electron chi connectivity index (χ3n) is 4.76. The van der Waals surface area contributed by atoms with Crippen LogP contribution >= 0.6 is 0 Å². The Kier molecular flexibility index (Phi) is 4.79. The second-order valence-electron chi connectivity index (χ2n) is 6.52. The molecule has 0 N–H and O–H groups in total. The van der Waals surface area contributed by atoms with E-state index in [1.807, 2.05) is 6.07 Å². The van der Waals surface area contributed by atoms with Crippen molar-refractivity contribution >= 4 is 10.0 Å².